The van der Waals surface area contributed by atoms with Crippen molar-refractivity contribution in [3.63, 3.8) is 0 Å². The predicted molar refractivity (Wildman–Crippen MR) is 116 cm³/mol. The van der Waals surface area contributed by atoms with E-state index in [1.54, 1.807) is 0 Å². The van der Waals surface area contributed by atoms with Crippen molar-refractivity contribution in [3.05, 3.63) is 65.9 Å². The molecule has 6 heteroatoms. The Labute approximate surface area is 173 Å². The molecule has 1 atom stereocenters. The van der Waals surface area contributed by atoms with Crippen LogP contribution in [0.4, 0.5) is 0 Å². The third-order valence-electron chi connectivity index (χ3n) is 5.34. The number of H-pyrrole nitrogens is 1. The van der Waals surface area contributed by atoms with Gasteiger partial charge in [-0.15, -0.1) is 10.2 Å². The molecule has 2 heterocycles. The molecule has 0 spiro atoms. The van der Waals surface area contributed by atoms with Crippen molar-refractivity contribution in [2.45, 2.75) is 42.6 Å². The third-order valence-corrected chi connectivity index (χ3v) is 6.39. The number of rotatable bonds is 6. The van der Waals surface area contributed by atoms with Crippen molar-refractivity contribution in [2.24, 2.45) is 0 Å². The second-order valence-electron chi connectivity index (χ2n) is 7.58. The maximum absolute atomic E-state index is 9.75. The molecule has 0 saturated heterocycles. The highest BCUT2D eigenvalue weighted by atomic mass is 32.2. The van der Waals surface area contributed by atoms with Crippen molar-refractivity contribution < 1.29 is 0 Å². The van der Waals surface area contributed by atoms with Gasteiger partial charge < -0.3 is 4.98 Å². The van der Waals surface area contributed by atoms with Gasteiger partial charge >= 0.3 is 0 Å². The number of hydrogen-bond acceptors (Lipinski definition) is 4. The van der Waals surface area contributed by atoms with Crippen molar-refractivity contribution >= 4 is 22.7 Å². The van der Waals surface area contributed by atoms with Crippen LogP contribution in [-0.2, 0) is 6.42 Å². The number of para-hydroxylation sites is 1. The second-order valence-corrected chi connectivity index (χ2v) is 8.75. The van der Waals surface area contributed by atoms with Gasteiger partial charge in [0, 0.05) is 28.7 Å². The van der Waals surface area contributed by atoms with Crippen molar-refractivity contribution in [3.8, 4) is 17.5 Å². The Morgan fingerprint density at radius 3 is 2.72 bits per heavy atom. The Hall–Kier alpha value is -3.04. The summed E-state index contributed by atoms with van der Waals surface area (Å²) in [5.74, 6) is 0.888. The highest BCUT2D eigenvalue weighted by Crippen LogP contribution is 2.43. The van der Waals surface area contributed by atoms with Gasteiger partial charge in [-0.2, -0.15) is 5.26 Å². The fourth-order valence-corrected chi connectivity index (χ4v) is 4.66. The van der Waals surface area contributed by atoms with Crippen LogP contribution in [0.25, 0.3) is 22.3 Å². The number of benzene rings is 2. The second kappa shape index (κ2) is 7.41. The molecule has 29 heavy (non-hydrogen) atoms. The zero-order chi connectivity index (χ0) is 19.8. The number of nitrogens with one attached hydrogen (secondary N) is 1. The van der Waals surface area contributed by atoms with Crippen molar-refractivity contribution in [1.82, 2.24) is 19.7 Å². The fraction of sp³-hybridized carbons (Fsp3) is 0.261. The molecule has 1 saturated carbocycles. The quantitative estimate of drug-likeness (QED) is 0.447. The van der Waals surface area contributed by atoms with E-state index in [0.29, 0.717) is 12.5 Å². The molecular formula is C23H21N5S. The number of aryl methyl sites for hydroxylation is 1. The van der Waals surface area contributed by atoms with E-state index in [0.717, 1.165) is 40.3 Å². The molecule has 5 nitrogen and oxygen atoms in total. The van der Waals surface area contributed by atoms with Gasteiger partial charge in [-0.3, -0.25) is 4.57 Å². The number of nitriles is 1. The summed E-state index contributed by atoms with van der Waals surface area (Å²) in [5, 5.41) is 20.6. The number of aromatic nitrogens is 4. The van der Waals surface area contributed by atoms with E-state index in [2.05, 4.69) is 69.1 Å². The van der Waals surface area contributed by atoms with E-state index >= 15 is 0 Å². The standard InChI is InChI=1S/C23H21N5S/c1-15-6-8-16(9-7-15)12-18(13-24)29-23-27-26-22(28(23)17-10-11-17)20-14-25-21-5-3-2-4-19(20)21/h2-9,14,17-18,25H,10-12H2,1H3. The van der Waals surface area contributed by atoms with E-state index in [1.807, 2.05) is 18.3 Å². The molecule has 0 bridgehead atoms. The van der Waals surface area contributed by atoms with E-state index in [-0.39, 0.29) is 5.25 Å². The van der Waals surface area contributed by atoms with Crippen molar-refractivity contribution in [1.29, 1.82) is 5.26 Å². The SMILES string of the molecule is Cc1ccc(CC(C#N)Sc2nnc(-c3c[nH]c4ccccc34)n2C2CC2)cc1. The first-order valence-electron chi connectivity index (χ1n) is 9.86. The van der Waals surface area contributed by atoms with Gasteiger partial charge in [-0.25, -0.2) is 0 Å². The van der Waals surface area contributed by atoms with E-state index in [1.165, 1.54) is 22.9 Å². The summed E-state index contributed by atoms with van der Waals surface area (Å²) in [7, 11) is 0. The summed E-state index contributed by atoms with van der Waals surface area (Å²) < 4.78 is 2.24. The average molecular weight is 400 g/mol. The minimum absolute atomic E-state index is 0.199. The number of fused-ring (bicyclic) bond motifs is 1. The molecule has 4 aromatic rings. The molecule has 5 rings (SSSR count). The van der Waals surface area contributed by atoms with Crippen LogP contribution < -0.4 is 0 Å². The summed E-state index contributed by atoms with van der Waals surface area (Å²) in [6, 6.07) is 19.5. The zero-order valence-corrected chi connectivity index (χ0v) is 17.0. The van der Waals surface area contributed by atoms with Crippen LogP contribution in [0.15, 0.2) is 59.9 Å². The fourth-order valence-electron chi connectivity index (χ4n) is 3.64. The van der Waals surface area contributed by atoms with Crippen LogP contribution in [0.2, 0.25) is 0 Å². The minimum atomic E-state index is -0.199. The van der Waals surface area contributed by atoms with Crippen LogP contribution >= 0.6 is 11.8 Å². The summed E-state index contributed by atoms with van der Waals surface area (Å²) >= 11 is 1.52. The smallest absolute Gasteiger partial charge is 0.193 e. The summed E-state index contributed by atoms with van der Waals surface area (Å²) in [4.78, 5) is 3.33. The molecule has 1 N–H and O–H groups in total. The summed E-state index contributed by atoms with van der Waals surface area (Å²) in [6.45, 7) is 2.07. The highest BCUT2D eigenvalue weighted by Gasteiger charge is 2.32. The van der Waals surface area contributed by atoms with Crippen LogP contribution in [-0.4, -0.2) is 25.0 Å². The third kappa shape index (κ3) is 3.54. The molecule has 144 valence electrons. The van der Waals surface area contributed by atoms with Gasteiger partial charge in [-0.1, -0.05) is 59.8 Å². The Morgan fingerprint density at radius 1 is 1.17 bits per heavy atom. The molecule has 0 aliphatic heterocycles. The zero-order valence-electron chi connectivity index (χ0n) is 16.2. The molecule has 0 radical (unpaired) electrons. The molecule has 1 aliphatic rings. The van der Waals surface area contributed by atoms with Crippen LogP contribution in [0, 0.1) is 18.3 Å². The molecule has 2 aromatic carbocycles. The average Bonchev–Trinajstić information content (AvgIpc) is 3.36. The van der Waals surface area contributed by atoms with Crippen molar-refractivity contribution in [2.75, 3.05) is 0 Å². The lowest BCUT2D eigenvalue weighted by Gasteiger charge is -2.11. The number of nitrogens with zero attached hydrogens (tertiary/aromatic N) is 4. The first-order chi connectivity index (χ1) is 14.2. The van der Waals surface area contributed by atoms with Crippen LogP contribution in [0.3, 0.4) is 0 Å². The molecule has 1 fully saturated rings. The first-order valence-corrected chi connectivity index (χ1v) is 10.7. The molecule has 2 aromatic heterocycles. The Bertz CT molecular complexity index is 1190. The first kappa shape index (κ1) is 18.0. The minimum Gasteiger partial charge on any atom is -0.360 e. The summed E-state index contributed by atoms with van der Waals surface area (Å²) in [6.07, 6.45) is 4.98. The van der Waals surface area contributed by atoms with Gasteiger partial charge in [0.15, 0.2) is 11.0 Å². The monoisotopic (exact) mass is 399 g/mol. The van der Waals surface area contributed by atoms with Crippen LogP contribution in [0.5, 0.6) is 0 Å². The molecule has 1 unspecified atom stereocenters. The lowest BCUT2D eigenvalue weighted by molar-refractivity contribution is 0.668. The Kier molecular flexibility index (Phi) is 4.61. The maximum Gasteiger partial charge on any atom is 0.193 e. The molecule has 0 amide bonds. The lowest BCUT2D eigenvalue weighted by Crippen LogP contribution is -2.07. The van der Waals surface area contributed by atoms with E-state index < -0.39 is 0 Å². The van der Waals surface area contributed by atoms with E-state index in [9.17, 15) is 5.26 Å². The van der Waals surface area contributed by atoms with Gasteiger partial charge in [0.1, 0.15) is 5.25 Å². The highest BCUT2D eigenvalue weighted by molar-refractivity contribution is 8.00. The lowest BCUT2D eigenvalue weighted by atomic mass is 10.1. The van der Waals surface area contributed by atoms with Gasteiger partial charge in [0.05, 0.1) is 6.07 Å². The summed E-state index contributed by atoms with van der Waals surface area (Å²) in [5.41, 5.74) is 4.56. The largest absolute Gasteiger partial charge is 0.360 e. The normalized spacial score (nSPS) is 14.8. The van der Waals surface area contributed by atoms with E-state index in [4.69, 9.17) is 0 Å². The Morgan fingerprint density at radius 2 is 1.97 bits per heavy atom. The van der Waals surface area contributed by atoms with Gasteiger partial charge in [0.2, 0.25) is 0 Å². The number of aromatic amines is 1. The topological polar surface area (TPSA) is 70.3 Å². The molecular weight excluding hydrogens is 378 g/mol. The van der Waals surface area contributed by atoms with Crippen LogP contribution in [0.1, 0.15) is 30.0 Å². The van der Waals surface area contributed by atoms with Gasteiger partial charge in [0.25, 0.3) is 0 Å². The Balaban J connectivity index is 1.46. The number of thioether (sulfide) groups is 1. The maximum atomic E-state index is 9.75. The molecule has 1 aliphatic carbocycles. The number of hydrogen-bond donors (Lipinski definition) is 1. The predicted octanol–water partition coefficient (Wildman–Crippen LogP) is 5.30. The van der Waals surface area contributed by atoms with Gasteiger partial charge in [-0.05, 0) is 37.8 Å².